The zero-order valence-corrected chi connectivity index (χ0v) is 10.5. The number of hydrogen-bond donors (Lipinski definition) is 1. The molecular formula is C13H21N3O. The summed E-state index contributed by atoms with van der Waals surface area (Å²) in [5.74, 6) is 2.40. The molecule has 17 heavy (non-hydrogen) atoms. The second-order valence-electron chi connectivity index (χ2n) is 5.54. The van der Waals surface area contributed by atoms with Gasteiger partial charge in [-0.3, -0.25) is 0 Å². The van der Waals surface area contributed by atoms with E-state index in [0.29, 0.717) is 5.92 Å². The molecule has 1 aromatic heterocycles. The Kier molecular flexibility index (Phi) is 2.90. The molecule has 4 nitrogen and oxygen atoms in total. The first-order chi connectivity index (χ1) is 8.34. The number of aromatic nitrogens is 2. The topological polar surface area (TPSA) is 51.0 Å². The van der Waals surface area contributed by atoms with Gasteiger partial charge in [-0.25, -0.2) is 0 Å². The van der Waals surface area contributed by atoms with Gasteiger partial charge in [-0.15, -0.1) is 0 Å². The van der Waals surface area contributed by atoms with Gasteiger partial charge in [0.05, 0.1) is 5.41 Å². The minimum Gasteiger partial charge on any atom is -0.339 e. The molecule has 3 rings (SSSR count). The molecule has 4 heteroatoms. The molecule has 0 amide bonds. The van der Waals surface area contributed by atoms with E-state index in [4.69, 9.17) is 4.52 Å². The summed E-state index contributed by atoms with van der Waals surface area (Å²) in [5, 5.41) is 7.63. The fourth-order valence-corrected chi connectivity index (χ4v) is 3.01. The van der Waals surface area contributed by atoms with E-state index in [1.54, 1.807) is 0 Å². The molecule has 2 aliphatic rings. The maximum absolute atomic E-state index is 5.56. The Hall–Kier alpha value is -0.900. The van der Waals surface area contributed by atoms with Crippen LogP contribution in [0.25, 0.3) is 0 Å². The predicted molar refractivity (Wildman–Crippen MR) is 65.0 cm³/mol. The number of rotatable bonds is 4. The van der Waals surface area contributed by atoms with Crippen LogP contribution in [0.4, 0.5) is 0 Å². The van der Waals surface area contributed by atoms with Crippen LogP contribution in [-0.2, 0) is 5.41 Å². The van der Waals surface area contributed by atoms with Gasteiger partial charge in [0.2, 0.25) is 5.89 Å². The molecule has 0 aromatic carbocycles. The summed E-state index contributed by atoms with van der Waals surface area (Å²) in [6.45, 7) is 4.29. The first-order valence-electron chi connectivity index (χ1n) is 6.89. The van der Waals surface area contributed by atoms with Crippen LogP contribution in [-0.4, -0.2) is 23.2 Å². The summed E-state index contributed by atoms with van der Waals surface area (Å²) in [6.07, 6.45) is 7.23. The SMILES string of the molecule is CCCC1(c2nc(C3CCC3)no2)CCNC1. The maximum atomic E-state index is 5.56. The third kappa shape index (κ3) is 1.88. The third-order valence-electron chi connectivity index (χ3n) is 4.34. The van der Waals surface area contributed by atoms with Gasteiger partial charge >= 0.3 is 0 Å². The number of hydrogen-bond acceptors (Lipinski definition) is 4. The zero-order valence-electron chi connectivity index (χ0n) is 10.5. The Bertz CT molecular complexity index is 378. The minimum atomic E-state index is 0.115. The molecule has 1 saturated heterocycles. The van der Waals surface area contributed by atoms with Crippen molar-refractivity contribution in [2.24, 2.45) is 0 Å². The molecule has 1 N–H and O–H groups in total. The molecule has 94 valence electrons. The molecule has 1 aliphatic heterocycles. The van der Waals surface area contributed by atoms with Crippen molar-refractivity contribution < 1.29 is 4.52 Å². The molecular weight excluding hydrogens is 214 g/mol. The predicted octanol–water partition coefficient (Wildman–Crippen LogP) is 2.37. The molecule has 2 fully saturated rings. The quantitative estimate of drug-likeness (QED) is 0.870. The van der Waals surface area contributed by atoms with Gasteiger partial charge < -0.3 is 9.84 Å². The van der Waals surface area contributed by atoms with E-state index in [1.807, 2.05) is 0 Å². The van der Waals surface area contributed by atoms with Crippen molar-refractivity contribution in [1.82, 2.24) is 15.5 Å². The lowest BCUT2D eigenvalue weighted by Gasteiger charge is -2.23. The van der Waals surface area contributed by atoms with E-state index in [9.17, 15) is 0 Å². The number of nitrogens with zero attached hydrogens (tertiary/aromatic N) is 2. The molecule has 1 atom stereocenters. The molecule has 2 heterocycles. The van der Waals surface area contributed by atoms with Crippen molar-refractivity contribution in [3.8, 4) is 0 Å². The second-order valence-corrected chi connectivity index (χ2v) is 5.54. The van der Waals surface area contributed by atoms with Crippen LogP contribution in [0, 0.1) is 0 Å². The average molecular weight is 235 g/mol. The van der Waals surface area contributed by atoms with Crippen LogP contribution in [0.2, 0.25) is 0 Å². The Morgan fingerprint density at radius 2 is 2.35 bits per heavy atom. The summed E-state index contributed by atoms with van der Waals surface area (Å²) in [4.78, 5) is 4.69. The molecule has 1 unspecified atom stereocenters. The molecule has 1 saturated carbocycles. The van der Waals surface area contributed by atoms with Crippen molar-refractivity contribution in [2.75, 3.05) is 13.1 Å². The largest absolute Gasteiger partial charge is 0.339 e. The lowest BCUT2D eigenvalue weighted by molar-refractivity contribution is 0.273. The summed E-state index contributed by atoms with van der Waals surface area (Å²) < 4.78 is 5.56. The van der Waals surface area contributed by atoms with Gasteiger partial charge in [-0.05, 0) is 32.2 Å². The second kappa shape index (κ2) is 4.41. The normalized spacial score (nSPS) is 29.5. The van der Waals surface area contributed by atoms with Gasteiger partial charge in [-0.2, -0.15) is 4.98 Å². The highest BCUT2D eigenvalue weighted by molar-refractivity contribution is 5.12. The van der Waals surface area contributed by atoms with E-state index in [2.05, 4.69) is 22.4 Å². The Morgan fingerprint density at radius 1 is 1.47 bits per heavy atom. The van der Waals surface area contributed by atoms with E-state index in [1.165, 1.54) is 25.7 Å². The van der Waals surface area contributed by atoms with Crippen LogP contribution >= 0.6 is 0 Å². The highest BCUT2D eigenvalue weighted by atomic mass is 16.5. The average Bonchev–Trinajstić information content (AvgIpc) is 2.85. The Labute approximate surface area is 102 Å². The standard InChI is InChI=1S/C13H21N3O/c1-2-6-13(7-8-14-9-13)12-15-11(16-17-12)10-4-3-5-10/h10,14H,2-9H2,1H3. The summed E-state index contributed by atoms with van der Waals surface area (Å²) in [7, 11) is 0. The summed E-state index contributed by atoms with van der Waals surface area (Å²) in [5.41, 5.74) is 0.115. The molecule has 1 aliphatic carbocycles. The Balaban J connectivity index is 1.82. The monoisotopic (exact) mass is 235 g/mol. The highest BCUT2D eigenvalue weighted by Gasteiger charge is 2.40. The lowest BCUT2D eigenvalue weighted by atomic mass is 9.82. The van der Waals surface area contributed by atoms with Gasteiger partial charge in [0.15, 0.2) is 5.82 Å². The van der Waals surface area contributed by atoms with Gasteiger partial charge in [0.1, 0.15) is 0 Å². The van der Waals surface area contributed by atoms with Crippen molar-refractivity contribution in [3.63, 3.8) is 0 Å². The van der Waals surface area contributed by atoms with Crippen LogP contribution in [0.5, 0.6) is 0 Å². The lowest BCUT2D eigenvalue weighted by Crippen LogP contribution is -2.29. The first-order valence-corrected chi connectivity index (χ1v) is 6.89. The van der Waals surface area contributed by atoms with Gasteiger partial charge in [0.25, 0.3) is 0 Å². The van der Waals surface area contributed by atoms with Gasteiger partial charge in [-0.1, -0.05) is 24.9 Å². The van der Waals surface area contributed by atoms with E-state index < -0.39 is 0 Å². The smallest absolute Gasteiger partial charge is 0.234 e. The summed E-state index contributed by atoms with van der Waals surface area (Å²) >= 11 is 0. The minimum absolute atomic E-state index is 0.115. The van der Waals surface area contributed by atoms with Crippen molar-refractivity contribution in [1.29, 1.82) is 0 Å². The van der Waals surface area contributed by atoms with Crippen LogP contribution in [0.1, 0.15) is 63.1 Å². The molecule has 0 bridgehead atoms. The number of nitrogens with one attached hydrogen (secondary N) is 1. The maximum Gasteiger partial charge on any atom is 0.234 e. The van der Waals surface area contributed by atoms with E-state index in [0.717, 1.165) is 37.6 Å². The van der Waals surface area contributed by atoms with Crippen molar-refractivity contribution in [2.45, 2.75) is 56.8 Å². The van der Waals surface area contributed by atoms with Crippen molar-refractivity contribution in [3.05, 3.63) is 11.7 Å². The first kappa shape index (κ1) is 11.2. The highest BCUT2D eigenvalue weighted by Crippen LogP contribution is 2.38. The molecule has 1 aromatic rings. The fourth-order valence-electron chi connectivity index (χ4n) is 3.01. The van der Waals surface area contributed by atoms with Crippen molar-refractivity contribution >= 4 is 0 Å². The van der Waals surface area contributed by atoms with Crippen LogP contribution in [0.3, 0.4) is 0 Å². The fraction of sp³-hybridized carbons (Fsp3) is 0.846. The Morgan fingerprint density at radius 3 is 2.94 bits per heavy atom. The van der Waals surface area contributed by atoms with Crippen LogP contribution in [0.15, 0.2) is 4.52 Å². The van der Waals surface area contributed by atoms with Gasteiger partial charge in [0, 0.05) is 12.5 Å². The van der Waals surface area contributed by atoms with Crippen LogP contribution < -0.4 is 5.32 Å². The molecule has 0 radical (unpaired) electrons. The third-order valence-corrected chi connectivity index (χ3v) is 4.34. The summed E-state index contributed by atoms with van der Waals surface area (Å²) in [6, 6.07) is 0. The van der Waals surface area contributed by atoms with E-state index >= 15 is 0 Å². The zero-order chi connectivity index (χ0) is 11.7. The molecule has 0 spiro atoms. The van der Waals surface area contributed by atoms with E-state index in [-0.39, 0.29) is 5.41 Å².